The van der Waals surface area contributed by atoms with Crippen LogP contribution in [0.1, 0.15) is 44.7 Å². The number of nitrogens with zero attached hydrogens (tertiary/aromatic N) is 2. The fourth-order valence-electron chi connectivity index (χ4n) is 4.01. The minimum Gasteiger partial charge on any atom is -0.492 e. The van der Waals surface area contributed by atoms with Crippen LogP contribution in [0, 0.1) is 0 Å². The van der Waals surface area contributed by atoms with Crippen molar-refractivity contribution in [2.75, 3.05) is 19.7 Å². The lowest BCUT2D eigenvalue weighted by Gasteiger charge is -2.19. The maximum Gasteiger partial charge on any atom is 0.119 e. The SMILES string of the molecule is CC(C)(C)c1ccc(OCCn2cc(C(=S)N3CCCC3)c3ccccc32)cc1. The summed E-state index contributed by atoms with van der Waals surface area (Å²) in [5.41, 5.74) is 3.87. The van der Waals surface area contributed by atoms with Crippen LogP contribution in [0.25, 0.3) is 10.9 Å². The molecule has 0 spiro atoms. The molecular formula is C25H30N2OS. The number of rotatable bonds is 5. The lowest BCUT2D eigenvalue weighted by molar-refractivity contribution is 0.300. The molecule has 0 radical (unpaired) electrons. The molecule has 1 aliphatic heterocycles. The molecule has 0 saturated carbocycles. The van der Waals surface area contributed by atoms with Crippen LogP contribution >= 0.6 is 12.2 Å². The first-order chi connectivity index (χ1) is 13.9. The third-order valence-corrected chi connectivity index (χ3v) is 6.21. The van der Waals surface area contributed by atoms with Gasteiger partial charge < -0.3 is 14.2 Å². The molecule has 29 heavy (non-hydrogen) atoms. The average molecular weight is 407 g/mol. The second kappa shape index (κ2) is 8.19. The van der Waals surface area contributed by atoms with E-state index in [9.17, 15) is 0 Å². The van der Waals surface area contributed by atoms with Gasteiger partial charge in [0, 0.05) is 35.8 Å². The molecule has 0 unspecified atom stereocenters. The molecule has 0 N–H and O–H groups in total. The van der Waals surface area contributed by atoms with Crippen molar-refractivity contribution in [1.29, 1.82) is 0 Å². The third-order valence-electron chi connectivity index (χ3n) is 5.73. The Balaban J connectivity index is 1.47. The van der Waals surface area contributed by atoms with Crippen molar-refractivity contribution in [3.05, 3.63) is 65.9 Å². The van der Waals surface area contributed by atoms with Crippen molar-refractivity contribution in [3.63, 3.8) is 0 Å². The van der Waals surface area contributed by atoms with Gasteiger partial charge in [0.05, 0.1) is 6.54 Å². The highest BCUT2D eigenvalue weighted by Gasteiger charge is 2.20. The highest BCUT2D eigenvalue weighted by Crippen LogP contribution is 2.26. The predicted octanol–water partition coefficient (Wildman–Crippen LogP) is 5.79. The maximum absolute atomic E-state index is 6.03. The van der Waals surface area contributed by atoms with Crippen molar-refractivity contribution in [2.45, 2.75) is 45.6 Å². The van der Waals surface area contributed by atoms with E-state index in [2.05, 4.69) is 85.0 Å². The Labute approximate surface area is 179 Å². The maximum atomic E-state index is 6.03. The molecule has 1 aromatic heterocycles. The summed E-state index contributed by atoms with van der Waals surface area (Å²) in [5, 5.41) is 1.24. The number of aromatic nitrogens is 1. The van der Waals surface area contributed by atoms with E-state index in [4.69, 9.17) is 17.0 Å². The smallest absolute Gasteiger partial charge is 0.119 e. The zero-order chi connectivity index (χ0) is 20.4. The van der Waals surface area contributed by atoms with Crippen LogP contribution < -0.4 is 4.74 Å². The molecule has 0 aliphatic carbocycles. The summed E-state index contributed by atoms with van der Waals surface area (Å²) in [5.74, 6) is 0.919. The lowest BCUT2D eigenvalue weighted by atomic mass is 9.87. The molecule has 0 atom stereocenters. The molecule has 3 aromatic rings. The van der Waals surface area contributed by atoms with Crippen molar-refractivity contribution in [3.8, 4) is 5.75 Å². The van der Waals surface area contributed by atoms with Gasteiger partial charge >= 0.3 is 0 Å². The number of ether oxygens (including phenoxy) is 1. The topological polar surface area (TPSA) is 17.4 Å². The molecule has 1 aliphatic rings. The second-order valence-corrected chi connectivity index (χ2v) is 9.26. The van der Waals surface area contributed by atoms with Crippen LogP contribution in [-0.2, 0) is 12.0 Å². The summed E-state index contributed by atoms with van der Waals surface area (Å²) in [4.78, 5) is 3.32. The zero-order valence-electron chi connectivity index (χ0n) is 17.6. The number of benzene rings is 2. The summed E-state index contributed by atoms with van der Waals surface area (Å²) in [6, 6.07) is 17.0. The van der Waals surface area contributed by atoms with Gasteiger partial charge in [-0.05, 0) is 42.0 Å². The first kappa shape index (κ1) is 20.0. The monoisotopic (exact) mass is 406 g/mol. The van der Waals surface area contributed by atoms with Crippen molar-refractivity contribution in [2.24, 2.45) is 0 Å². The fourth-order valence-corrected chi connectivity index (χ4v) is 4.35. The Bertz CT molecular complexity index is 992. The Morgan fingerprint density at radius 2 is 1.69 bits per heavy atom. The van der Waals surface area contributed by atoms with Crippen LogP contribution in [0.4, 0.5) is 0 Å². The van der Waals surface area contributed by atoms with Crippen LogP contribution in [0.3, 0.4) is 0 Å². The van der Waals surface area contributed by atoms with Crippen LogP contribution in [-0.4, -0.2) is 34.2 Å². The minimum atomic E-state index is 0.159. The molecule has 0 amide bonds. The van der Waals surface area contributed by atoms with Gasteiger partial charge in [-0.25, -0.2) is 0 Å². The Kier molecular flexibility index (Phi) is 5.64. The van der Waals surface area contributed by atoms with Crippen LogP contribution in [0.5, 0.6) is 5.75 Å². The summed E-state index contributed by atoms with van der Waals surface area (Å²) in [7, 11) is 0. The van der Waals surface area contributed by atoms with Crippen molar-refractivity contribution >= 4 is 28.1 Å². The van der Waals surface area contributed by atoms with Gasteiger partial charge in [-0.2, -0.15) is 0 Å². The summed E-state index contributed by atoms with van der Waals surface area (Å²) >= 11 is 5.83. The van der Waals surface area contributed by atoms with E-state index in [-0.39, 0.29) is 5.41 Å². The highest BCUT2D eigenvalue weighted by atomic mass is 32.1. The molecule has 152 valence electrons. The summed E-state index contributed by atoms with van der Waals surface area (Å²) in [6.07, 6.45) is 4.68. The Hall–Kier alpha value is -2.33. The number of fused-ring (bicyclic) bond motifs is 1. The standard InChI is InChI=1S/C25H30N2OS/c1-25(2,3)19-10-12-20(13-11-19)28-17-16-27-18-22(21-8-4-5-9-23(21)27)24(29)26-14-6-7-15-26/h4-5,8-13,18H,6-7,14-17H2,1-3H3. The molecule has 4 rings (SSSR count). The van der Waals surface area contributed by atoms with Crippen LogP contribution in [0.2, 0.25) is 0 Å². The Morgan fingerprint density at radius 3 is 2.38 bits per heavy atom. The first-order valence-electron chi connectivity index (χ1n) is 10.5. The minimum absolute atomic E-state index is 0.159. The largest absolute Gasteiger partial charge is 0.492 e. The van der Waals surface area contributed by atoms with E-state index in [1.54, 1.807) is 0 Å². The van der Waals surface area contributed by atoms with E-state index in [0.717, 1.165) is 30.4 Å². The van der Waals surface area contributed by atoms with E-state index >= 15 is 0 Å². The van der Waals surface area contributed by atoms with Crippen molar-refractivity contribution in [1.82, 2.24) is 9.47 Å². The zero-order valence-corrected chi connectivity index (χ0v) is 18.5. The second-order valence-electron chi connectivity index (χ2n) is 8.88. The molecular weight excluding hydrogens is 376 g/mol. The molecule has 2 aromatic carbocycles. The average Bonchev–Trinajstić information content (AvgIpc) is 3.36. The van der Waals surface area contributed by atoms with Gasteiger partial charge in [0.25, 0.3) is 0 Å². The van der Waals surface area contributed by atoms with E-state index in [1.165, 1.54) is 34.9 Å². The predicted molar refractivity (Wildman–Crippen MR) is 125 cm³/mol. The van der Waals surface area contributed by atoms with Gasteiger partial charge in [-0.15, -0.1) is 0 Å². The number of hydrogen-bond donors (Lipinski definition) is 0. The number of thiocarbonyl (C=S) groups is 1. The Morgan fingerprint density at radius 1 is 1.00 bits per heavy atom. The third kappa shape index (κ3) is 4.32. The molecule has 1 saturated heterocycles. The van der Waals surface area contributed by atoms with Gasteiger partial charge in [0.2, 0.25) is 0 Å². The number of likely N-dealkylation sites (tertiary alicyclic amines) is 1. The molecule has 3 nitrogen and oxygen atoms in total. The fraction of sp³-hybridized carbons (Fsp3) is 0.400. The van der Waals surface area contributed by atoms with E-state index in [1.807, 2.05) is 0 Å². The van der Waals surface area contributed by atoms with Gasteiger partial charge in [0.15, 0.2) is 0 Å². The quantitative estimate of drug-likeness (QED) is 0.499. The lowest BCUT2D eigenvalue weighted by Crippen LogP contribution is -2.26. The molecule has 2 heterocycles. The first-order valence-corrected chi connectivity index (χ1v) is 10.9. The van der Waals surface area contributed by atoms with Gasteiger partial charge in [-0.3, -0.25) is 0 Å². The van der Waals surface area contributed by atoms with Gasteiger partial charge in [-0.1, -0.05) is 63.3 Å². The molecule has 0 bridgehead atoms. The number of para-hydroxylation sites is 1. The van der Waals surface area contributed by atoms with Crippen LogP contribution in [0.15, 0.2) is 54.7 Å². The van der Waals surface area contributed by atoms with E-state index < -0.39 is 0 Å². The van der Waals surface area contributed by atoms with Gasteiger partial charge in [0.1, 0.15) is 17.3 Å². The molecule has 4 heteroatoms. The van der Waals surface area contributed by atoms with Crippen molar-refractivity contribution < 1.29 is 4.74 Å². The highest BCUT2D eigenvalue weighted by molar-refractivity contribution is 7.80. The molecule has 1 fully saturated rings. The summed E-state index contributed by atoms with van der Waals surface area (Å²) in [6.45, 7) is 10.3. The normalized spacial score (nSPS) is 14.5. The summed E-state index contributed by atoms with van der Waals surface area (Å²) < 4.78 is 8.31. The van der Waals surface area contributed by atoms with E-state index in [0.29, 0.717) is 6.61 Å². The number of hydrogen-bond acceptors (Lipinski definition) is 2.